The van der Waals surface area contributed by atoms with Crippen LogP contribution in [0.25, 0.3) is 0 Å². The molecule has 0 amide bonds. The predicted octanol–water partition coefficient (Wildman–Crippen LogP) is 3.43. The molecular weight excluding hydrogens is 299 g/mol. The Kier molecular flexibility index (Phi) is 3.90. The van der Waals surface area contributed by atoms with Crippen molar-refractivity contribution in [2.45, 2.75) is 6.61 Å². The quantitative estimate of drug-likeness (QED) is 0.816. The highest BCUT2D eigenvalue weighted by molar-refractivity contribution is 9.10. The van der Waals surface area contributed by atoms with Crippen LogP contribution in [-0.2, 0) is 6.61 Å². The van der Waals surface area contributed by atoms with Crippen LogP contribution in [0.5, 0.6) is 5.75 Å². The summed E-state index contributed by atoms with van der Waals surface area (Å²) in [5, 5.41) is 8.63. The van der Waals surface area contributed by atoms with Gasteiger partial charge in [0.25, 0.3) is 0 Å². The molecule has 0 saturated carbocycles. The van der Waals surface area contributed by atoms with Crippen LogP contribution in [0.1, 0.15) is 11.1 Å². The molecule has 2 aromatic rings. The molecule has 1 aromatic heterocycles. The highest BCUT2D eigenvalue weighted by atomic mass is 79.9. The van der Waals surface area contributed by atoms with Gasteiger partial charge < -0.3 is 4.74 Å². The first-order valence-corrected chi connectivity index (χ1v) is 5.91. The third-order valence-corrected chi connectivity index (χ3v) is 2.75. The van der Waals surface area contributed by atoms with Crippen LogP contribution in [0.3, 0.4) is 0 Å². The van der Waals surface area contributed by atoms with Crippen molar-refractivity contribution in [1.82, 2.24) is 4.98 Å². The number of hydrogen-bond donors (Lipinski definition) is 0. The number of rotatable bonds is 3. The molecule has 0 aliphatic rings. The molecule has 0 bridgehead atoms. The van der Waals surface area contributed by atoms with Crippen molar-refractivity contribution >= 4 is 15.9 Å². The second-order valence-corrected chi connectivity index (χ2v) is 4.34. The SMILES string of the molecule is N#Cc1ccc(COc2ccc(Br)nc2)c(F)c1. The van der Waals surface area contributed by atoms with E-state index in [-0.39, 0.29) is 6.61 Å². The van der Waals surface area contributed by atoms with E-state index < -0.39 is 5.82 Å². The van der Waals surface area contributed by atoms with Gasteiger partial charge in [0, 0.05) is 5.56 Å². The van der Waals surface area contributed by atoms with Gasteiger partial charge in [0.2, 0.25) is 0 Å². The number of benzene rings is 1. The second-order valence-electron chi connectivity index (χ2n) is 3.52. The van der Waals surface area contributed by atoms with E-state index in [1.165, 1.54) is 6.07 Å². The number of nitriles is 1. The Morgan fingerprint density at radius 1 is 1.33 bits per heavy atom. The minimum Gasteiger partial charge on any atom is -0.487 e. The van der Waals surface area contributed by atoms with Gasteiger partial charge in [0.05, 0.1) is 17.8 Å². The summed E-state index contributed by atoms with van der Waals surface area (Å²) >= 11 is 3.21. The number of halogens is 2. The van der Waals surface area contributed by atoms with Crippen LogP contribution < -0.4 is 4.74 Å². The predicted molar refractivity (Wildman–Crippen MR) is 67.4 cm³/mol. The average molecular weight is 307 g/mol. The van der Waals surface area contributed by atoms with Gasteiger partial charge in [-0.2, -0.15) is 5.26 Å². The van der Waals surface area contributed by atoms with Gasteiger partial charge in [-0.05, 0) is 40.2 Å². The Morgan fingerprint density at radius 3 is 2.78 bits per heavy atom. The topological polar surface area (TPSA) is 45.9 Å². The molecule has 5 heteroatoms. The first-order valence-electron chi connectivity index (χ1n) is 5.12. The molecule has 2 rings (SSSR count). The minimum atomic E-state index is -0.445. The molecule has 0 aliphatic carbocycles. The first kappa shape index (κ1) is 12.5. The van der Waals surface area contributed by atoms with Crippen LogP contribution in [0.15, 0.2) is 41.1 Å². The summed E-state index contributed by atoms with van der Waals surface area (Å²) in [7, 11) is 0. The van der Waals surface area contributed by atoms with E-state index in [9.17, 15) is 4.39 Å². The highest BCUT2D eigenvalue weighted by Crippen LogP contribution is 2.16. The Labute approximate surface area is 112 Å². The lowest BCUT2D eigenvalue weighted by Crippen LogP contribution is -1.99. The van der Waals surface area contributed by atoms with Crippen LogP contribution >= 0.6 is 15.9 Å². The lowest BCUT2D eigenvalue weighted by molar-refractivity contribution is 0.298. The molecule has 0 radical (unpaired) electrons. The fraction of sp³-hybridized carbons (Fsp3) is 0.0769. The van der Waals surface area contributed by atoms with E-state index >= 15 is 0 Å². The maximum atomic E-state index is 13.5. The molecule has 0 aliphatic heterocycles. The molecule has 3 nitrogen and oxygen atoms in total. The third kappa shape index (κ3) is 3.05. The zero-order valence-corrected chi connectivity index (χ0v) is 10.8. The molecular formula is C13H8BrFN2O. The fourth-order valence-corrected chi connectivity index (χ4v) is 1.58. The molecule has 0 spiro atoms. The summed E-state index contributed by atoms with van der Waals surface area (Å²) in [4.78, 5) is 4.00. The zero-order chi connectivity index (χ0) is 13.0. The Balaban J connectivity index is 2.06. The van der Waals surface area contributed by atoms with Gasteiger partial charge in [-0.15, -0.1) is 0 Å². The number of hydrogen-bond acceptors (Lipinski definition) is 3. The number of nitrogens with zero attached hydrogens (tertiary/aromatic N) is 2. The molecule has 0 N–H and O–H groups in total. The molecule has 90 valence electrons. The fourth-order valence-electron chi connectivity index (χ4n) is 1.34. The number of pyridine rings is 1. The number of ether oxygens (including phenoxy) is 1. The maximum Gasteiger partial charge on any atom is 0.138 e. The Bertz CT molecular complexity index is 593. The molecule has 0 fully saturated rings. The van der Waals surface area contributed by atoms with E-state index in [0.717, 1.165) is 0 Å². The van der Waals surface area contributed by atoms with Crippen molar-refractivity contribution in [2.24, 2.45) is 0 Å². The smallest absolute Gasteiger partial charge is 0.138 e. The number of aromatic nitrogens is 1. The van der Waals surface area contributed by atoms with E-state index in [1.807, 2.05) is 6.07 Å². The highest BCUT2D eigenvalue weighted by Gasteiger charge is 2.04. The third-order valence-electron chi connectivity index (χ3n) is 2.28. The normalized spacial score (nSPS) is 9.83. The Hall–Kier alpha value is -1.93. The van der Waals surface area contributed by atoms with Gasteiger partial charge in [-0.25, -0.2) is 9.37 Å². The molecule has 0 unspecified atom stereocenters. The monoisotopic (exact) mass is 306 g/mol. The van der Waals surface area contributed by atoms with Gasteiger partial charge in [0.15, 0.2) is 0 Å². The standard InChI is InChI=1S/C13H8BrFN2O/c14-13-4-3-11(7-17-13)18-8-10-2-1-9(6-16)5-12(10)15/h1-5,7H,8H2. The van der Waals surface area contributed by atoms with E-state index in [1.54, 1.807) is 30.5 Å². The average Bonchev–Trinajstić information content (AvgIpc) is 2.39. The van der Waals surface area contributed by atoms with Crippen molar-refractivity contribution < 1.29 is 9.13 Å². The molecule has 1 aromatic carbocycles. The summed E-state index contributed by atoms with van der Waals surface area (Å²) in [6, 6.07) is 9.65. The molecule has 18 heavy (non-hydrogen) atoms. The van der Waals surface area contributed by atoms with Gasteiger partial charge in [-0.1, -0.05) is 6.07 Å². The molecule has 0 saturated heterocycles. The molecule has 0 atom stereocenters. The van der Waals surface area contributed by atoms with Crippen molar-refractivity contribution in [1.29, 1.82) is 5.26 Å². The van der Waals surface area contributed by atoms with Crippen LogP contribution in [0.2, 0.25) is 0 Å². The van der Waals surface area contributed by atoms with Crippen LogP contribution in [0, 0.1) is 17.1 Å². The Morgan fingerprint density at radius 2 is 2.17 bits per heavy atom. The van der Waals surface area contributed by atoms with E-state index in [4.69, 9.17) is 10.00 Å². The summed E-state index contributed by atoms with van der Waals surface area (Å²) in [6.45, 7) is 0.0981. The first-order chi connectivity index (χ1) is 8.69. The van der Waals surface area contributed by atoms with Gasteiger partial charge in [-0.3, -0.25) is 0 Å². The van der Waals surface area contributed by atoms with Crippen molar-refractivity contribution in [3.05, 3.63) is 58.1 Å². The summed E-state index contributed by atoms with van der Waals surface area (Å²) in [6.07, 6.45) is 1.55. The molecule has 1 heterocycles. The maximum absolute atomic E-state index is 13.5. The van der Waals surface area contributed by atoms with Gasteiger partial charge in [0.1, 0.15) is 22.8 Å². The van der Waals surface area contributed by atoms with Crippen molar-refractivity contribution in [3.8, 4) is 11.8 Å². The van der Waals surface area contributed by atoms with E-state index in [0.29, 0.717) is 21.5 Å². The summed E-state index contributed by atoms with van der Waals surface area (Å²) < 4.78 is 19.7. The van der Waals surface area contributed by atoms with Gasteiger partial charge >= 0.3 is 0 Å². The zero-order valence-electron chi connectivity index (χ0n) is 9.23. The lowest BCUT2D eigenvalue weighted by Gasteiger charge is -2.06. The summed E-state index contributed by atoms with van der Waals surface area (Å²) in [5.74, 6) is 0.112. The van der Waals surface area contributed by atoms with Crippen molar-refractivity contribution in [2.75, 3.05) is 0 Å². The largest absolute Gasteiger partial charge is 0.487 e. The lowest BCUT2D eigenvalue weighted by atomic mass is 10.1. The van der Waals surface area contributed by atoms with Crippen LogP contribution in [0.4, 0.5) is 4.39 Å². The summed E-state index contributed by atoms with van der Waals surface area (Å²) in [5.41, 5.74) is 0.693. The van der Waals surface area contributed by atoms with E-state index in [2.05, 4.69) is 20.9 Å². The minimum absolute atomic E-state index is 0.0981. The second kappa shape index (κ2) is 5.61. The van der Waals surface area contributed by atoms with Crippen LogP contribution in [-0.4, -0.2) is 4.98 Å². The van der Waals surface area contributed by atoms with Crippen molar-refractivity contribution in [3.63, 3.8) is 0 Å².